The molecule has 0 saturated carbocycles. The molecule has 1 fully saturated rings. The molecule has 0 aromatic heterocycles. The third-order valence-electron chi connectivity index (χ3n) is 3.25. The summed E-state index contributed by atoms with van der Waals surface area (Å²) >= 11 is 0. The highest BCUT2D eigenvalue weighted by Gasteiger charge is 2.35. The third kappa shape index (κ3) is 3.24. The molecule has 2 rings (SSSR count). The number of benzene rings is 1. The van der Waals surface area contributed by atoms with Crippen molar-refractivity contribution in [3.63, 3.8) is 0 Å². The molecule has 22 heavy (non-hydrogen) atoms. The van der Waals surface area contributed by atoms with Gasteiger partial charge in [-0.3, -0.25) is 4.79 Å². The van der Waals surface area contributed by atoms with Crippen LogP contribution in [0.5, 0.6) is 0 Å². The molecule has 1 unspecified atom stereocenters. The summed E-state index contributed by atoms with van der Waals surface area (Å²) in [4.78, 5) is 10.5. The van der Waals surface area contributed by atoms with E-state index in [2.05, 4.69) is 0 Å². The number of hydrogen-bond acceptors (Lipinski definition) is 5. The van der Waals surface area contributed by atoms with Crippen LogP contribution in [-0.4, -0.2) is 49.6 Å². The first-order valence-electron chi connectivity index (χ1n) is 6.37. The van der Waals surface area contributed by atoms with Gasteiger partial charge in [-0.15, -0.1) is 0 Å². The van der Waals surface area contributed by atoms with E-state index in [1.165, 1.54) is 0 Å². The molecular formula is C13H13FN2O5S. The second-order valence-corrected chi connectivity index (χ2v) is 6.59. The van der Waals surface area contributed by atoms with Crippen molar-refractivity contribution in [3.05, 3.63) is 29.6 Å². The van der Waals surface area contributed by atoms with E-state index in [4.69, 9.17) is 15.1 Å². The predicted molar refractivity (Wildman–Crippen MR) is 71.9 cm³/mol. The number of sulfonamides is 1. The second kappa shape index (κ2) is 6.39. The molecule has 1 aromatic carbocycles. The maximum Gasteiger partial charge on any atom is 0.305 e. The Bertz CT molecular complexity index is 728. The number of aliphatic carboxylic acids is 1. The van der Waals surface area contributed by atoms with Gasteiger partial charge in [0.25, 0.3) is 0 Å². The lowest BCUT2D eigenvalue weighted by atomic mass is 10.2. The molecule has 1 aromatic rings. The number of carboxylic acids is 1. The van der Waals surface area contributed by atoms with Gasteiger partial charge in [0, 0.05) is 6.54 Å². The average Bonchev–Trinajstić information content (AvgIpc) is 2.47. The monoisotopic (exact) mass is 328 g/mol. The highest BCUT2D eigenvalue weighted by atomic mass is 32.2. The lowest BCUT2D eigenvalue weighted by Gasteiger charge is -2.33. The van der Waals surface area contributed by atoms with Crippen LogP contribution in [0.2, 0.25) is 0 Å². The standard InChI is InChI=1S/C13H13FN2O5S/c14-12-6-11(2-1-9(12)7-15)22(19,20)16-3-4-21-8-10(16)5-13(17)18/h1-2,6,10H,3-5,8H2,(H,17,18). The number of hydrogen-bond donors (Lipinski definition) is 1. The lowest BCUT2D eigenvalue weighted by molar-refractivity contribution is -0.139. The van der Waals surface area contributed by atoms with Crippen LogP contribution in [0.25, 0.3) is 0 Å². The maximum absolute atomic E-state index is 13.6. The molecule has 1 atom stereocenters. The Morgan fingerprint density at radius 2 is 2.27 bits per heavy atom. The Morgan fingerprint density at radius 1 is 1.55 bits per heavy atom. The molecule has 1 aliphatic heterocycles. The molecule has 0 spiro atoms. The summed E-state index contributed by atoms with van der Waals surface area (Å²) in [5.74, 6) is -2.09. The van der Waals surface area contributed by atoms with Crippen LogP contribution in [0.15, 0.2) is 23.1 Å². The molecule has 1 heterocycles. The van der Waals surface area contributed by atoms with Crippen molar-refractivity contribution in [1.29, 1.82) is 5.26 Å². The van der Waals surface area contributed by atoms with Crippen LogP contribution in [-0.2, 0) is 19.6 Å². The van der Waals surface area contributed by atoms with E-state index in [0.717, 1.165) is 22.5 Å². The van der Waals surface area contributed by atoms with Crippen LogP contribution >= 0.6 is 0 Å². The van der Waals surface area contributed by atoms with E-state index in [-0.39, 0.29) is 30.2 Å². The summed E-state index contributed by atoms with van der Waals surface area (Å²) in [5, 5.41) is 17.5. The van der Waals surface area contributed by atoms with Gasteiger partial charge < -0.3 is 9.84 Å². The van der Waals surface area contributed by atoms with Gasteiger partial charge in [-0.05, 0) is 18.2 Å². The Balaban J connectivity index is 2.37. The van der Waals surface area contributed by atoms with E-state index in [1.807, 2.05) is 0 Å². The predicted octanol–water partition coefficient (Wildman–Crippen LogP) is 0.562. The number of nitrogens with zero attached hydrogens (tertiary/aromatic N) is 2. The molecule has 118 valence electrons. The summed E-state index contributed by atoms with van der Waals surface area (Å²) in [7, 11) is -4.06. The zero-order valence-electron chi connectivity index (χ0n) is 11.4. The number of rotatable bonds is 4. The quantitative estimate of drug-likeness (QED) is 0.865. The number of nitriles is 1. The fraction of sp³-hybridized carbons (Fsp3) is 0.385. The third-order valence-corrected chi connectivity index (χ3v) is 5.20. The second-order valence-electron chi connectivity index (χ2n) is 4.70. The summed E-state index contributed by atoms with van der Waals surface area (Å²) in [5.41, 5.74) is -0.261. The summed E-state index contributed by atoms with van der Waals surface area (Å²) in [6, 6.07) is 3.73. The Kier molecular flexibility index (Phi) is 4.75. The molecule has 0 bridgehead atoms. The molecule has 9 heteroatoms. The van der Waals surface area contributed by atoms with Crippen LogP contribution in [0.3, 0.4) is 0 Å². The summed E-state index contributed by atoms with van der Waals surface area (Å²) in [6.45, 7) is 0.0836. The van der Waals surface area contributed by atoms with Gasteiger partial charge in [0.2, 0.25) is 10.0 Å². The van der Waals surface area contributed by atoms with Crippen molar-refractivity contribution >= 4 is 16.0 Å². The van der Waals surface area contributed by atoms with E-state index in [9.17, 15) is 17.6 Å². The molecule has 0 amide bonds. The van der Waals surface area contributed by atoms with Crippen molar-refractivity contribution in [2.75, 3.05) is 19.8 Å². The normalized spacial score (nSPS) is 19.5. The van der Waals surface area contributed by atoms with E-state index in [0.29, 0.717) is 0 Å². The smallest absolute Gasteiger partial charge is 0.305 e. The number of morpholine rings is 1. The topological polar surface area (TPSA) is 108 Å². The van der Waals surface area contributed by atoms with Gasteiger partial charge in [-0.2, -0.15) is 9.57 Å². The molecule has 1 N–H and O–H groups in total. The van der Waals surface area contributed by atoms with Crippen LogP contribution in [0.4, 0.5) is 4.39 Å². The van der Waals surface area contributed by atoms with Crippen molar-refractivity contribution in [1.82, 2.24) is 4.31 Å². The SMILES string of the molecule is N#Cc1ccc(S(=O)(=O)N2CCOCC2CC(=O)O)cc1F. The largest absolute Gasteiger partial charge is 0.481 e. The maximum atomic E-state index is 13.6. The molecule has 1 saturated heterocycles. The fourth-order valence-corrected chi connectivity index (χ4v) is 3.81. The van der Waals surface area contributed by atoms with Crippen molar-refractivity contribution in [2.24, 2.45) is 0 Å². The van der Waals surface area contributed by atoms with Crippen molar-refractivity contribution < 1.29 is 27.4 Å². The minimum Gasteiger partial charge on any atom is -0.481 e. The van der Waals surface area contributed by atoms with Gasteiger partial charge in [0.05, 0.1) is 36.1 Å². The zero-order chi connectivity index (χ0) is 16.3. The summed E-state index contributed by atoms with van der Waals surface area (Å²) < 4.78 is 44.9. The fourth-order valence-electron chi connectivity index (χ4n) is 2.20. The molecular weight excluding hydrogens is 315 g/mol. The average molecular weight is 328 g/mol. The first kappa shape index (κ1) is 16.4. The van der Waals surface area contributed by atoms with Gasteiger partial charge in [0.1, 0.15) is 11.9 Å². The zero-order valence-corrected chi connectivity index (χ0v) is 12.2. The Hall–Kier alpha value is -2.02. The summed E-state index contributed by atoms with van der Waals surface area (Å²) in [6.07, 6.45) is -0.405. The lowest BCUT2D eigenvalue weighted by Crippen LogP contribution is -2.49. The highest BCUT2D eigenvalue weighted by Crippen LogP contribution is 2.23. The molecule has 7 nitrogen and oxygen atoms in total. The van der Waals surface area contributed by atoms with Gasteiger partial charge in [-0.1, -0.05) is 0 Å². The molecule has 0 radical (unpaired) electrons. The number of carbonyl (C=O) groups is 1. The van der Waals surface area contributed by atoms with E-state index >= 15 is 0 Å². The Labute approximate surface area is 126 Å². The molecule has 1 aliphatic rings. The van der Waals surface area contributed by atoms with Crippen LogP contribution in [0, 0.1) is 17.1 Å². The van der Waals surface area contributed by atoms with Gasteiger partial charge in [-0.25, -0.2) is 12.8 Å². The van der Waals surface area contributed by atoms with E-state index < -0.39 is 34.3 Å². The minimum atomic E-state index is -4.06. The number of carboxylic acid groups (broad SMARTS) is 1. The number of halogens is 1. The van der Waals surface area contributed by atoms with Crippen LogP contribution < -0.4 is 0 Å². The van der Waals surface area contributed by atoms with E-state index in [1.54, 1.807) is 6.07 Å². The highest BCUT2D eigenvalue weighted by molar-refractivity contribution is 7.89. The first-order valence-corrected chi connectivity index (χ1v) is 7.81. The first-order chi connectivity index (χ1) is 10.4. The van der Waals surface area contributed by atoms with Gasteiger partial charge in [0.15, 0.2) is 0 Å². The van der Waals surface area contributed by atoms with Crippen LogP contribution in [0.1, 0.15) is 12.0 Å². The molecule has 0 aliphatic carbocycles. The van der Waals surface area contributed by atoms with Crippen molar-refractivity contribution in [2.45, 2.75) is 17.4 Å². The van der Waals surface area contributed by atoms with Gasteiger partial charge >= 0.3 is 5.97 Å². The minimum absolute atomic E-state index is 0.0120. The number of ether oxygens (including phenoxy) is 1. The van der Waals surface area contributed by atoms with Crippen molar-refractivity contribution in [3.8, 4) is 6.07 Å². The Morgan fingerprint density at radius 3 is 2.86 bits per heavy atom.